The van der Waals surface area contributed by atoms with Crippen molar-refractivity contribution in [2.24, 2.45) is 0 Å². The maximum Gasteiger partial charge on any atom is 0.251 e. The molecule has 1 unspecified atom stereocenters. The average Bonchev–Trinajstić information content (AvgIpc) is 3.15. The highest BCUT2D eigenvalue weighted by Gasteiger charge is 2.15. The molecule has 0 aliphatic carbocycles. The van der Waals surface area contributed by atoms with E-state index >= 15 is 0 Å². The molecule has 6 nitrogen and oxygen atoms in total. The number of aromatic nitrogens is 3. The Labute approximate surface area is 158 Å². The third-order valence-corrected chi connectivity index (χ3v) is 4.94. The number of aryl methyl sites for hydroxylation is 1. The molecule has 1 aliphatic heterocycles. The number of nitrogens with one attached hydrogen (secondary N) is 2. The van der Waals surface area contributed by atoms with E-state index in [-0.39, 0.29) is 12.0 Å². The molecule has 2 N–H and O–H groups in total. The number of aromatic amines is 1. The first-order valence-electron chi connectivity index (χ1n) is 9.58. The molecule has 1 aromatic carbocycles. The van der Waals surface area contributed by atoms with E-state index in [9.17, 15) is 4.79 Å². The van der Waals surface area contributed by atoms with Crippen LogP contribution in [0, 0.1) is 0 Å². The Morgan fingerprint density at radius 1 is 1.30 bits per heavy atom. The van der Waals surface area contributed by atoms with E-state index in [1.54, 1.807) is 6.20 Å². The summed E-state index contributed by atoms with van der Waals surface area (Å²) in [5.41, 5.74) is 4.19. The van der Waals surface area contributed by atoms with Gasteiger partial charge in [-0.1, -0.05) is 19.1 Å². The number of hydrogen-bond donors (Lipinski definition) is 2. The van der Waals surface area contributed by atoms with Crippen molar-refractivity contribution < 1.29 is 9.53 Å². The SMILES string of the molecule is CCc1nc2ncc(-c3cccc(C(=O)NCC4CCCCO4)c3)cc2[nH]1. The van der Waals surface area contributed by atoms with Gasteiger partial charge in [0.2, 0.25) is 0 Å². The number of pyridine rings is 1. The quantitative estimate of drug-likeness (QED) is 0.726. The summed E-state index contributed by atoms with van der Waals surface area (Å²) < 4.78 is 5.68. The number of carbonyl (C=O) groups is 1. The molecule has 27 heavy (non-hydrogen) atoms. The number of rotatable bonds is 5. The normalized spacial score (nSPS) is 17.1. The van der Waals surface area contributed by atoms with E-state index in [4.69, 9.17) is 4.74 Å². The molecule has 4 rings (SSSR count). The number of hydrogen-bond acceptors (Lipinski definition) is 4. The number of fused-ring (bicyclic) bond motifs is 1. The minimum Gasteiger partial charge on any atom is -0.376 e. The number of ether oxygens (including phenoxy) is 1. The van der Waals surface area contributed by atoms with Crippen LogP contribution in [0.15, 0.2) is 36.5 Å². The van der Waals surface area contributed by atoms with Crippen LogP contribution in [0.2, 0.25) is 0 Å². The van der Waals surface area contributed by atoms with Crippen molar-refractivity contribution in [1.29, 1.82) is 0 Å². The zero-order chi connectivity index (χ0) is 18.6. The summed E-state index contributed by atoms with van der Waals surface area (Å²) in [6.45, 7) is 3.41. The van der Waals surface area contributed by atoms with Crippen molar-refractivity contribution in [3.05, 3.63) is 47.9 Å². The molecule has 0 radical (unpaired) electrons. The molecule has 140 valence electrons. The van der Waals surface area contributed by atoms with Gasteiger partial charge in [-0.15, -0.1) is 0 Å². The summed E-state index contributed by atoms with van der Waals surface area (Å²) in [5.74, 6) is 0.850. The van der Waals surface area contributed by atoms with E-state index < -0.39 is 0 Å². The number of H-pyrrole nitrogens is 1. The topological polar surface area (TPSA) is 79.9 Å². The van der Waals surface area contributed by atoms with Crippen LogP contribution in [0.5, 0.6) is 0 Å². The lowest BCUT2D eigenvalue weighted by Gasteiger charge is -2.22. The molecule has 3 heterocycles. The second-order valence-corrected chi connectivity index (χ2v) is 6.91. The van der Waals surface area contributed by atoms with Gasteiger partial charge in [-0.3, -0.25) is 4.79 Å². The lowest BCUT2D eigenvalue weighted by Crippen LogP contribution is -2.35. The van der Waals surface area contributed by atoms with Gasteiger partial charge in [0.05, 0.1) is 11.6 Å². The second kappa shape index (κ2) is 7.88. The van der Waals surface area contributed by atoms with E-state index in [0.717, 1.165) is 54.0 Å². The highest BCUT2D eigenvalue weighted by molar-refractivity contribution is 5.95. The first-order valence-corrected chi connectivity index (χ1v) is 9.58. The van der Waals surface area contributed by atoms with Crippen LogP contribution >= 0.6 is 0 Å². The third-order valence-electron chi connectivity index (χ3n) is 4.94. The maximum absolute atomic E-state index is 12.5. The Morgan fingerprint density at radius 3 is 3.04 bits per heavy atom. The molecular formula is C21H24N4O2. The van der Waals surface area contributed by atoms with Gasteiger partial charge >= 0.3 is 0 Å². The van der Waals surface area contributed by atoms with Crippen LogP contribution in [0.1, 0.15) is 42.4 Å². The Balaban J connectivity index is 1.50. The molecule has 6 heteroatoms. The smallest absolute Gasteiger partial charge is 0.251 e. The molecule has 0 spiro atoms. The van der Waals surface area contributed by atoms with Gasteiger partial charge in [-0.05, 0) is 43.0 Å². The van der Waals surface area contributed by atoms with Crippen LogP contribution in [-0.4, -0.2) is 40.1 Å². The molecule has 1 saturated heterocycles. The van der Waals surface area contributed by atoms with Crippen molar-refractivity contribution in [2.75, 3.05) is 13.2 Å². The van der Waals surface area contributed by atoms with Crippen LogP contribution in [0.4, 0.5) is 0 Å². The summed E-state index contributed by atoms with van der Waals surface area (Å²) in [5, 5.41) is 2.99. The molecular weight excluding hydrogens is 340 g/mol. The molecule has 1 amide bonds. The summed E-state index contributed by atoms with van der Waals surface area (Å²) in [7, 11) is 0. The standard InChI is InChI=1S/C21H24N4O2/c1-2-19-24-18-11-16(12-22-20(18)25-19)14-6-5-7-15(10-14)21(26)23-13-17-8-3-4-9-27-17/h5-7,10-12,17H,2-4,8-9,13H2,1H3,(H,23,26)(H,22,24,25). The van der Waals surface area contributed by atoms with Gasteiger partial charge in [0.25, 0.3) is 5.91 Å². The fourth-order valence-corrected chi connectivity index (χ4v) is 3.39. The molecule has 3 aromatic rings. The first-order chi connectivity index (χ1) is 13.2. The number of nitrogens with zero attached hydrogens (tertiary/aromatic N) is 2. The fourth-order valence-electron chi connectivity index (χ4n) is 3.39. The molecule has 1 aliphatic rings. The van der Waals surface area contributed by atoms with Crippen LogP contribution in [0.3, 0.4) is 0 Å². The van der Waals surface area contributed by atoms with Crippen molar-refractivity contribution in [1.82, 2.24) is 20.3 Å². The van der Waals surface area contributed by atoms with Crippen molar-refractivity contribution in [3.63, 3.8) is 0 Å². The molecule has 1 fully saturated rings. The Morgan fingerprint density at radius 2 is 2.22 bits per heavy atom. The van der Waals surface area contributed by atoms with Crippen molar-refractivity contribution in [3.8, 4) is 11.1 Å². The molecule has 0 bridgehead atoms. The number of imidazole rings is 1. The summed E-state index contributed by atoms with van der Waals surface area (Å²) in [4.78, 5) is 24.7. The first kappa shape index (κ1) is 17.7. The van der Waals surface area contributed by atoms with Crippen LogP contribution < -0.4 is 5.32 Å². The lowest BCUT2D eigenvalue weighted by atomic mass is 10.0. The monoisotopic (exact) mass is 364 g/mol. The molecule has 2 aromatic heterocycles. The van der Waals surface area contributed by atoms with Gasteiger partial charge in [-0.25, -0.2) is 9.97 Å². The van der Waals surface area contributed by atoms with Gasteiger partial charge in [0.15, 0.2) is 5.65 Å². The largest absolute Gasteiger partial charge is 0.376 e. The van der Waals surface area contributed by atoms with E-state index in [1.165, 1.54) is 6.42 Å². The van der Waals surface area contributed by atoms with Gasteiger partial charge < -0.3 is 15.0 Å². The maximum atomic E-state index is 12.5. The van der Waals surface area contributed by atoms with E-state index in [1.807, 2.05) is 30.3 Å². The van der Waals surface area contributed by atoms with Gasteiger partial charge in [-0.2, -0.15) is 0 Å². The third kappa shape index (κ3) is 4.01. The van der Waals surface area contributed by atoms with E-state index in [2.05, 4.69) is 27.2 Å². The highest BCUT2D eigenvalue weighted by Crippen LogP contribution is 2.23. The Hall–Kier alpha value is -2.73. The second-order valence-electron chi connectivity index (χ2n) is 6.91. The Kier molecular flexibility index (Phi) is 5.16. The fraction of sp³-hybridized carbons (Fsp3) is 0.381. The molecule has 1 atom stereocenters. The highest BCUT2D eigenvalue weighted by atomic mass is 16.5. The average molecular weight is 364 g/mol. The minimum absolute atomic E-state index is 0.0742. The summed E-state index contributed by atoms with van der Waals surface area (Å²) in [6, 6.07) is 9.65. The van der Waals surface area contributed by atoms with Gasteiger partial charge in [0.1, 0.15) is 5.82 Å². The van der Waals surface area contributed by atoms with Crippen LogP contribution in [0.25, 0.3) is 22.3 Å². The minimum atomic E-state index is -0.0742. The van der Waals surface area contributed by atoms with Crippen LogP contribution in [-0.2, 0) is 11.2 Å². The predicted molar refractivity (Wildman–Crippen MR) is 105 cm³/mol. The van der Waals surface area contributed by atoms with Crippen molar-refractivity contribution >= 4 is 17.1 Å². The van der Waals surface area contributed by atoms with Crippen molar-refractivity contribution in [2.45, 2.75) is 38.7 Å². The number of benzene rings is 1. The number of carbonyl (C=O) groups excluding carboxylic acids is 1. The lowest BCUT2D eigenvalue weighted by molar-refractivity contribution is 0.0169. The number of amides is 1. The zero-order valence-corrected chi connectivity index (χ0v) is 15.5. The Bertz CT molecular complexity index is 944. The van der Waals surface area contributed by atoms with E-state index in [0.29, 0.717) is 12.1 Å². The zero-order valence-electron chi connectivity index (χ0n) is 15.5. The summed E-state index contributed by atoms with van der Waals surface area (Å²) >= 11 is 0. The summed E-state index contributed by atoms with van der Waals surface area (Å²) in [6.07, 6.45) is 6.06. The predicted octanol–water partition coefficient (Wildman–Crippen LogP) is 3.49. The molecule has 0 saturated carbocycles. The van der Waals surface area contributed by atoms with Gasteiger partial charge in [0, 0.05) is 36.9 Å².